The fraction of sp³-hybridized carbons (Fsp3) is 0.462. The number of nitrogens with zero attached hydrogens (tertiary/aromatic N) is 1. The van der Waals surface area contributed by atoms with Crippen LogP contribution in [0.2, 0.25) is 0 Å². The third-order valence-electron chi connectivity index (χ3n) is 2.82. The number of anilines is 1. The van der Waals surface area contributed by atoms with Crippen LogP contribution in [0.25, 0.3) is 0 Å². The Morgan fingerprint density at radius 2 is 2.17 bits per heavy atom. The number of hydrogen-bond donors (Lipinski definition) is 2. The lowest BCUT2D eigenvalue weighted by molar-refractivity contribution is 0.219. The summed E-state index contributed by atoms with van der Waals surface area (Å²) < 4.78 is 5.37. The van der Waals surface area contributed by atoms with E-state index in [-0.39, 0.29) is 6.03 Å². The number of amides is 2. The van der Waals surface area contributed by atoms with E-state index in [9.17, 15) is 4.79 Å². The lowest BCUT2D eigenvalue weighted by atomic mass is 10.3. The van der Waals surface area contributed by atoms with Crippen LogP contribution in [-0.4, -0.2) is 43.7 Å². The van der Waals surface area contributed by atoms with Crippen molar-refractivity contribution in [3.8, 4) is 5.75 Å². The molecule has 1 heterocycles. The first-order valence-electron chi connectivity index (χ1n) is 6.29. The Labute approximate surface area is 107 Å². The number of ether oxygens (including phenoxy) is 1. The minimum absolute atomic E-state index is 0.0310. The van der Waals surface area contributed by atoms with Gasteiger partial charge in [0, 0.05) is 31.9 Å². The highest BCUT2D eigenvalue weighted by Gasteiger charge is 2.17. The number of rotatable bonds is 6. The Morgan fingerprint density at radius 1 is 1.39 bits per heavy atom. The smallest absolute Gasteiger partial charge is 0.317 e. The minimum atomic E-state index is 0.0310. The topological polar surface area (TPSA) is 53.6 Å². The maximum absolute atomic E-state index is 11.3. The normalized spacial score (nSPS) is 14.5. The van der Waals surface area contributed by atoms with Gasteiger partial charge in [-0.1, -0.05) is 0 Å². The highest BCUT2D eigenvalue weighted by molar-refractivity contribution is 5.76. The van der Waals surface area contributed by atoms with Crippen molar-refractivity contribution < 1.29 is 9.53 Å². The molecule has 0 aliphatic carbocycles. The summed E-state index contributed by atoms with van der Waals surface area (Å²) in [5.74, 6) is 0.877. The SMILES string of the molecule is CCOc1ccc(NCCN2CCNC2=O)cc1. The van der Waals surface area contributed by atoms with Crippen LogP contribution in [0.1, 0.15) is 6.92 Å². The molecule has 18 heavy (non-hydrogen) atoms. The highest BCUT2D eigenvalue weighted by atomic mass is 16.5. The van der Waals surface area contributed by atoms with Crippen molar-refractivity contribution in [1.82, 2.24) is 10.2 Å². The quantitative estimate of drug-likeness (QED) is 0.803. The second-order valence-corrected chi connectivity index (χ2v) is 4.10. The Bertz CT molecular complexity index is 392. The van der Waals surface area contributed by atoms with Gasteiger partial charge in [-0.25, -0.2) is 4.79 Å². The molecule has 1 aliphatic rings. The first-order chi connectivity index (χ1) is 8.79. The van der Waals surface area contributed by atoms with E-state index in [0.29, 0.717) is 6.61 Å². The van der Waals surface area contributed by atoms with Gasteiger partial charge in [-0.15, -0.1) is 0 Å². The van der Waals surface area contributed by atoms with Gasteiger partial charge in [-0.2, -0.15) is 0 Å². The summed E-state index contributed by atoms with van der Waals surface area (Å²) in [6.45, 7) is 5.66. The molecule has 1 aliphatic heterocycles. The van der Waals surface area contributed by atoms with Crippen molar-refractivity contribution in [3.63, 3.8) is 0 Å². The summed E-state index contributed by atoms with van der Waals surface area (Å²) in [4.78, 5) is 13.1. The number of nitrogens with one attached hydrogen (secondary N) is 2. The second-order valence-electron chi connectivity index (χ2n) is 4.10. The van der Waals surface area contributed by atoms with Gasteiger partial charge in [0.2, 0.25) is 0 Å². The van der Waals surface area contributed by atoms with E-state index in [1.54, 1.807) is 0 Å². The van der Waals surface area contributed by atoms with Crippen molar-refractivity contribution >= 4 is 11.7 Å². The second kappa shape index (κ2) is 6.14. The van der Waals surface area contributed by atoms with E-state index >= 15 is 0 Å². The predicted octanol–water partition coefficient (Wildman–Crippen LogP) is 1.52. The van der Waals surface area contributed by atoms with Crippen molar-refractivity contribution in [1.29, 1.82) is 0 Å². The molecule has 0 aromatic heterocycles. The van der Waals surface area contributed by atoms with Gasteiger partial charge in [-0.05, 0) is 31.2 Å². The standard InChI is InChI=1S/C13H19N3O2/c1-2-18-12-5-3-11(4-6-12)14-7-9-16-10-8-15-13(16)17/h3-6,14H,2,7-10H2,1H3,(H,15,17). The van der Waals surface area contributed by atoms with Gasteiger partial charge in [0.05, 0.1) is 6.61 Å². The van der Waals surface area contributed by atoms with E-state index in [1.807, 2.05) is 36.1 Å². The van der Waals surface area contributed by atoms with E-state index in [2.05, 4.69) is 10.6 Å². The number of benzene rings is 1. The summed E-state index contributed by atoms with van der Waals surface area (Å²) in [6, 6.07) is 7.87. The van der Waals surface area contributed by atoms with Crippen molar-refractivity contribution in [2.24, 2.45) is 0 Å². The highest BCUT2D eigenvalue weighted by Crippen LogP contribution is 2.15. The zero-order valence-electron chi connectivity index (χ0n) is 10.6. The molecule has 0 radical (unpaired) electrons. The first-order valence-corrected chi connectivity index (χ1v) is 6.29. The van der Waals surface area contributed by atoms with Crippen molar-refractivity contribution in [2.75, 3.05) is 38.1 Å². The maximum atomic E-state index is 11.3. The van der Waals surface area contributed by atoms with Gasteiger partial charge in [-0.3, -0.25) is 0 Å². The number of carbonyl (C=O) groups excluding carboxylic acids is 1. The molecule has 1 saturated heterocycles. The predicted molar refractivity (Wildman–Crippen MR) is 71.1 cm³/mol. The summed E-state index contributed by atoms with van der Waals surface area (Å²) in [5.41, 5.74) is 1.04. The Balaban J connectivity index is 1.74. The van der Waals surface area contributed by atoms with Crippen molar-refractivity contribution in [2.45, 2.75) is 6.92 Å². The summed E-state index contributed by atoms with van der Waals surface area (Å²) in [6.07, 6.45) is 0. The summed E-state index contributed by atoms with van der Waals surface area (Å²) in [7, 11) is 0. The molecule has 0 atom stereocenters. The Morgan fingerprint density at radius 3 is 2.78 bits per heavy atom. The van der Waals surface area contributed by atoms with Crippen LogP contribution < -0.4 is 15.4 Å². The molecular weight excluding hydrogens is 230 g/mol. The first kappa shape index (κ1) is 12.5. The average molecular weight is 249 g/mol. The third kappa shape index (κ3) is 3.29. The van der Waals surface area contributed by atoms with Crippen LogP contribution in [0.15, 0.2) is 24.3 Å². The van der Waals surface area contributed by atoms with Crippen molar-refractivity contribution in [3.05, 3.63) is 24.3 Å². The molecule has 1 fully saturated rings. The van der Waals surface area contributed by atoms with Crippen LogP contribution in [0.5, 0.6) is 5.75 Å². The minimum Gasteiger partial charge on any atom is -0.494 e. The molecule has 5 heteroatoms. The van der Waals surface area contributed by atoms with Crippen LogP contribution in [0.4, 0.5) is 10.5 Å². The van der Waals surface area contributed by atoms with E-state index in [1.165, 1.54) is 0 Å². The van der Waals surface area contributed by atoms with Gasteiger partial charge in [0.1, 0.15) is 5.75 Å². The fourth-order valence-corrected chi connectivity index (χ4v) is 1.90. The van der Waals surface area contributed by atoms with E-state index in [0.717, 1.165) is 37.6 Å². The lowest BCUT2D eigenvalue weighted by Gasteiger charge is -2.15. The summed E-state index contributed by atoms with van der Waals surface area (Å²) >= 11 is 0. The van der Waals surface area contributed by atoms with Gasteiger partial charge in [0.25, 0.3) is 0 Å². The molecule has 5 nitrogen and oxygen atoms in total. The molecule has 1 aromatic rings. The zero-order valence-corrected chi connectivity index (χ0v) is 10.6. The van der Waals surface area contributed by atoms with Crippen LogP contribution in [0.3, 0.4) is 0 Å². The molecule has 2 amide bonds. The third-order valence-corrected chi connectivity index (χ3v) is 2.82. The van der Waals surface area contributed by atoms with E-state index < -0.39 is 0 Å². The number of hydrogen-bond acceptors (Lipinski definition) is 3. The van der Waals surface area contributed by atoms with E-state index in [4.69, 9.17) is 4.74 Å². The molecular formula is C13H19N3O2. The van der Waals surface area contributed by atoms with Gasteiger partial charge >= 0.3 is 6.03 Å². The fourth-order valence-electron chi connectivity index (χ4n) is 1.90. The average Bonchev–Trinajstić information content (AvgIpc) is 2.78. The molecule has 0 spiro atoms. The molecule has 1 aromatic carbocycles. The van der Waals surface area contributed by atoms with Gasteiger partial charge in [0.15, 0.2) is 0 Å². The van der Waals surface area contributed by atoms with Gasteiger partial charge < -0.3 is 20.3 Å². The lowest BCUT2D eigenvalue weighted by Crippen LogP contribution is -2.32. The number of carbonyl (C=O) groups is 1. The molecule has 0 unspecified atom stereocenters. The Hall–Kier alpha value is -1.91. The molecule has 2 N–H and O–H groups in total. The van der Waals surface area contributed by atoms with Crippen LogP contribution >= 0.6 is 0 Å². The van der Waals surface area contributed by atoms with Crippen LogP contribution in [-0.2, 0) is 0 Å². The molecule has 98 valence electrons. The monoisotopic (exact) mass is 249 g/mol. The largest absolute Gasteiger partial charge is 0.494 e. The zero-order chi connectivity index (χ0) is 12.8. The Kier molecular flexibility index (Phi) is 4.28. The summed E-state index contributed by atoms with van der Waals surface area (Å²) in [5, 5.41) is 6.07. The number of urea groups is 1. The molecule has 0 saturated carbocycles. The van der Waals surface area contributed by atoms with Crippen LogP contribution in [0, 0.1) is 0 Å². The molecule has 2 rings (SSSR count). The molecule has 0 bridgehead atoms. The maximum Gasteiger partial charge on any atom is 0.317 e.